The lowest BCUT2D eigenvalue weighted by atomic mass is 10.0. The SMILES string of the molecule is NC(Cc1cc(Br)ccc1F)c1cc2ccccc2o1. The first-order valence-corrected chi connectivity index (χ1v) is 7.11. The van der Waals surface area contributed by atoms with Crippen LogP contribution >= 0.6 is 15.9 Å². The molecule has 1 aromatic heterocycles. The van der Waals surface area contributed by atoms with Crippen molar-refractivity contribution in [3.8, 4) is 0 Å². The van der Waals surface area contributed by atoms with Crippen molar-refractivity contribution in [1.82, 2.24) is 0 Å². The maximum absolute atomic E-state index is 13.7. The van der Waals surface area contributed by atoms with Crippen LogP contribution in [0.2, 0.25) is 0 Å². The smallest absolute Gasteiger partial charge is 0.134 e. The first-order valence-electron chi connectivity index (χ1n) is 6.31. The van der Waals surface area contributed by atoms with E-state index < -0.39 is 0 Å². The number of para-hydroxylation sites is 1. The standard InChI is InChI=1S/C16H13BrFNO/c17-12-5-6-13(18)11(7-12)8-14(19)16-9-10-3-1-2-4-15(10)20-16/h1-7,9,14H,8,19H2. The molecule has 4 heteroatoms. The van der Waals surface area contributed by atoms with Crippen LogP contribution in [-0.4, -0.2) is 0 Å². The molecule has 0 saturated carbocycles. The summed E-state index contributed by atoms with van der Waals surface area (Å²) in [7, 11) is 0. The van der Waals surface area contributed by atoms with Crippen molar-refractivity contribution >= 4 is 26.9 Å². The summed E-state index contributed by atoms with van der Waals surface area (Å²) in [6, 6.07) is 14.1. The van der Waals surface area contributed by atoms with Crippen molar-refractivity contribution < 1.29 is 8.81 Å². The number of furan rings is 1. The van der Waals surface area contributed by atoms with Crippen molar-refractivity contribution in [2.75, 3.05) is 0 Å². The quantitative estimate of drug-likeness (QED) is 0.762. The number of halogens is 2. The molecule has 0 aliphatic heterocycles. The monoisotopic (exact) mass is 333 g/mol. The number of hydrogen-bond donors (Lipinski definition) is 1. The van der Waals surface area contributed by atoms with Crippen LogP contribution in [0.5, 0.6) is 0 Å². The van der Waals surface area contributed by atoms with Crippen LogP contribution in [0.3, 0.4) is 0 Å². The van der Waals surface area contributed by atoms with Crippen LogP contribution in [0.15, 0.2) is 57.4 Å². The van der Waals surface area contributed by atoms with Crippen LogP contribution in [-0.2, 0) is 6.42 Å². The van der Waals surface area contributed by atoms with Gasteiger partial charge < -0.3 is 10.2 Å². The van der Waals surface area contributed by atoms with E-state index in [1.165, 1.54) is 6.07 Å². The summed E-state index contributed by atoms with van der Waals surface area (Å²) in [4.78, 5) is 0. The average molecular weight is 334 g/mol. The van der Waals surface area contributed by atoms with E-state index >= 15 is 0 Å². The van der Waals surface area contributed by atoms with E-state index in [1.807, 2.05) is 30.3 Å². The van der Waals surface area contributed by atoms with E-state index in [4.69, 9.17) is 10.2 Å². The Balaban J connectivity index is 1.88. The summed E-state index contributed by atoms with van der Waals surface area (Å²) in [5.74, 6) is 0.422. The van der Waals surface area contributed by atoms with Gasteiger partial charge in [-0.25, -0.2) is 4.39 Å². The molecule has 0 spiro atoms. The molecule has 3 aromatic rings. The molecule has 0 saturated heterocycles. The third-order valence-corrected chi connectivity index (χ3v) is 3.75. The Morgan fingerprint density at radius 3 is 2.75 bits per heavy atom. The Bertz CT molecular complexity index is 720. The second-order valence-corrected chi connectivity index (χ2v) is 5.65. The summed E-state index contributed by atoms with van der Waals surface area (Å²) in [5.41, 5.74) is 7.51. The third-order valence-electron chi connectivity index (χ3n) is 3.26. The molecule has 2 nitrogen and oxygen atoms in total. The van der Waals surface area contributed by atoms with Gasteiger partial charge in [0.25, 0.3) is 0 Å². The van der Waals surface area contributed by atoms with E-state index in [9.17, 15) is 4.39 Å². The minimum absolute atomic E-state index is 0.250. The molecule has 20 heavy (non-hydrogen) atoms. The lowest BCUT2D eigenvalue weighted by Gasteiger charge is -2.10. The van der Waals surface area contributed by atoms with Crippen LogP contribution in [0.4, 0.5) is 4.39 Å². The molecule has 0 aliphatic carbocycles. The zero-order valence-electron chi connectivity index (χ0n) is 10.6. The largest absolute Gasteiger partial charge is 0.459 e. The van der Waals surface area contributed by atoms with Gasteiger partial charge in [-0.15, -0.1) is 0 Å². The lowest BCUT2D eigenvalue weighted by molar-refractivity contribution is 0.487. The highest BCUT2D eigenvalue weighted by Crippen LogP contribution is 2.26. The van der Waals surface area contributed by atoms with E-state index in [-0.39, 0.29) is 11.9 Å². The molecule has 3 rings (SSSR count). The zero-order chi connectivity index (χ0) is 14.1. The number of benzene rings is 2. The fraction of sp³-hybridized carbons (Fsp3) is 0.125. The number of rotatable bonds is 3. The molecule has 2 aromatic carbocycles. The average Bonchev–Trinajstić information content (AvgIpc) is 2.87. The molecule has 0 radical (unpaired) electrons. The molecule has 0 bridgehead atoms. The van der Waals surface area contributed by atoms with Gasteiger partial charge in [-0.2, -0.15) is 0 Å². The molecule has 1 heterocycles. The van der Waals surface area contributed by atoms with Crippen LogP contribution < -0.4 is 5.73 Å². The summed E-state index contributed by atoms with van der Waals surface area (Å²) in [6.07, 6.45) is 0.394. The molecule has 0 aliphatic rings. The van der Waals surface area contributed by atoms with Crippen LogP contribution in [0, 0.1) is 5.82 Å². The van der Waals surface area contributed by atoms with E-state index in [2.05, 4.69) is 15.9 Å². The van der Waals surface area contributed by atoms with Gasteiger partial charge in [-0.1, -0.05) is 34.1 Å². The fourth-order valence-electron chi connectivity index (χ4n) is 2.22. The minimum atomic E-state index is -0.369. The molecular formula is C16H13BrFNO. The summed E-state index contributed by atoms with van der Waals surface area (Å²) < 4.78 is 20.3. The van der Waals surface area contributed by atoms with Crippen LogP contribution in [0.25, 0.3) is 11.0 Å². The number of nitrogens with two attached hydrogens (primary N) is 1. The Kier molecular flexibility index (Phi) is 3.59. The summed E-state index contributed by atoms with van der Waals surface area (Å²) in [6.45, 7) is 0. The summed E-state index contributed by atoms with van der Waals surface area (Å²) in [5, 5.41) is 1.01. The highest BCUT2D eigenvalue weighted by atomic mass is 79.9. The maximum atomic E-state index is 13.7. The van der Waals surface area contributed by atoms with E-state index in [0.717, 1.165) is 15.4 Å². The number of fused-ring (bicyclic) bond motifs is 1. The van der Waals surface area contributed by atoms with Crippen molar-refractivity contribution in [2.45, 2.75) is 12.5 Å². The first kappa shape index (κ1) is 13.3. The van der Waals surface area contributed by atoms with Gasteiger partial charge in [0.1, 0.15) is 17.2 Å². The third kappa shape index (κ3) is 2.62. The molecule has 1 atom stereocenters. The van der Waals surface area contributed by atoms with Crippen molar-refractivity contribution in [2.24, 2.45) is 5.73 Å². The normalized spacial score (nSPS) is 12.8. The van der Waals surface area contributed by atoms with Gasteiger partial charge in [0.2, 0.25) is 0 Å². The van der Waals surface area contributed by atoms with E-state index in [0.29, 0.717) is 17.7 Å². The highest BCUT2D eigenvalue weighted by molar-refractivity contribution is 9.10. The number of hydrogen-bond acceptors (Lipinski definition) is 2. The lowest BCUT2D eigenvalue weighted by Crippen LogP contribution is -2.13. The Hall–Kier alpha value is -1.65. The Morgan fingerprint density at radius 2 is 1.95 bits per heavy atom. The van der Waals surface area contributed by atoms with Gasteiger partial charge in [0, 0.05) is 9.86 Å². The van der Waals surface area contributed by atoms with Crippen LogP contribution in [0.1, 0.15) is 17.4 Å². The molecule has 2 N–H and O–H groups in total. The van der Waals surface area contributed by atoms with Crippen molar-refractivity contribution in [1.29, 1.82) is 0 Å². The van der Waals surface area contributed by atoms with E-state index in [1.54, 1.807) is 12.1 Å². The highest BCUT2D eigenvalue weighted by Gasteiger charge is 2.15. The first-order chi connectivity index (χ1) is 9.63. The molecule has 0 amide bonds. The molecule has 1 unspecified atom stereocenters. The molecule has 0 fully saturated rings. The summed E-state index contributed by atoms with van der Waals surface area (Å²) >= 11 is 3.34. The predicted molar refractivity (Wildman–Crippen MR) is 80.9 cm³/mol. The topological polar surface area (TPSA) is 39.2 Å². The molecule has 102 valence electrons. The van der Waals surface area contributed by atoms with Gasteiger partial charge in [0.15, 0.2) is 0 Å². The molecular weight excluding hydrogens is 321 g/mol. The van der Waals surface area contributed by atoms with Gasteiger partial charge >= 0.3 is 0 Å². The minimum Gasteiger partial charge on any atom is -0.459 e. The van der Waals surface area contributed by atoms with Crippen molar-refractivity contribution in [3.63, 3.8) is 0 Å². The zero-order valence-corrected chi connectivity index (χ0v) is 12.2. The Morgan fingerprint density at radius 1 is 1.15 bits per heavy atom. The predicted octanol–water partition coefficient (Wildman–Crippen LogP) is 4.58. The van der Waals surface area contributed by atoms with Gasteiger partial charge in [-0.05, 0) is 42.3 Å². The fourth-order valence-corrected chi connectivity index (χ4v) is 2.63. The van der Waals surface area contributed by atoms with Crippen molar-refractivity contribution in [3.05, 3.63) is 70.1 Å². The Labute approximate surface area is 124 Å². The maximum Gasteiger partial charge on any atom is 0.134 e. The second kappa shape index (κ2) is 5.38. The second-order valence-electron chi connectivity index (χ2n) is 4.73. The van der Waals surface area contributed by atoms with Gasteiger partial charge in [0.05, 0.1) is 6.04 Å². The van der Waals surface area contributed by atoms with Gasteiger partial charge in [-0.3, -0.25) is 0 Å².